The zero-order chi connectivity index (χ0) is 11.4. The average molecular weight is 210 g/mol. The van der Waals surface area contributed by atoms with Crippen LogP contribution in [0.2, 0.25) is 0 Å². The maximum Gasteiger partial charge on any atom is 0.166 e. The largest absolute Gasteiger partial charge is 0.294 e. The first-order valence-electron chi connectivity index (χ1n) is 4.99. The highest BCUT2D eigenvalue weighted by Crippen LogP contribution is 2.15. The molecule has 1 aromatic heterocycles. The number of carbonyl (C=O) groups excluding carboxylic acids is 1. The second kappa shape index (κ2) is 4.54. The predicted octanol–water partition coefficient (Wildman–Crippen LogP) is 2.23. The van der Waals surface area contributed by atoms with E-state index in [-0.39, 0.29) is 5.78 Å². The zero-order valence-corrected chi connectivity index (χ0v) is 8.68. The minimum absolute atomic E-state index is 0.0176. The minimum Gasteiger partial charge on any atom is -0.294 e. The maximum absolute atomic E-state index is 11.9. The standard InChI is InChI=1S/C13H10N2O/c1-2-3-7-12(16)10-5-4-6-11-13(10)15-9-8-14-11/h1,4-6,8-9H,3,7H2. The maximum atomic E-state index is 11.9. The van der Waals surface area contributed by atoms with Gasteiger partial charge in [0.25, 0.3) is 0 Å². The number of carbonyl (C=O) groups is 1. The normalized spacial score (nSPS) is 9.94. The van der Waals surface area contributed by atoms with Crippen molar-refractivity contribution < 1.29 is 4.79 Å². The van der Waals surface area contributed by atoms with Gasteiger partial charge in [0, 0.05) is 30.8 Å². The van der Waals surface area contributed by atoms with E-state index in [9.17, 15) is 4.79 Å². The number of hydrogen-bond donors (Lipinski definition) is 0. The highest BCUT2D eigenvalue weighted by molar-refractivity contribution is 6.05. The number of hydrogen-bond acceptors (Lipinski definition) is 3. The van der Waals surface area contributed by atoms with Crippen molar-refractivity contribution in [2.75, 3.05) is 0 Å². The van der Waals surface area contributed by atoms with Gasteiger partial charge in [-0.3, -0.25) is 14.8 Å². The molecule has 16 heavy (non-hydrogen) atoms. The predicted molar refractivity (Wildman–Crippen MR) is 61.9 cm³/mol. The van der Waals surface area contributed by atoms with Crippen LogP contribution in [0.4, 0.5) is 0 Å². The van der Waals surface area contributed by atoms with Gasteiger partial charge in [-0.25, -0.2) is 0 Å². The molecule has 0 atom stereocenters. The zero-order valence-electron chi connectivity index (χ0n) is 8.68. The molecule has 3 nitrogen and oxygen atoms in total. The summed E-state index contributed by atoms with van der Waals surface area (Å²) in [6, 6.07) is 5.40. The van der Waals surface area contributed by atoms with E-state index in [0.29, 0.717) is 23.9 Å². The second-order valence-corrected chi connectivity index (χ2v) is 3.36. The summed E-state index contributed by atoms with van der Waals surface area (Å²) in [5.74, 6) is 2.48. The van der Waals surface area contributed by atoms with Crippen molar-refractivity contribution in [1.82, 2.24) is 9.97 Å². The number of terminal acetylenes is 1. The average Bonchev–Trinajstić information content (AvgIpc) is 2.35. The van der Waals surface area contributed by atoms with Gasteiger partial charge in [0.1, 0.15) is 0 Å². The van der Waals surface area contributed by atoms with Gasteiger partial charge in [0.15, 0.2) is 5.78 Å². The summed E-state index contributed by atoms with van der Waals surface area (Å²) in [6.45, 7) is 0. The van der Waals surface area contributed by atoms with Crippen molar-refractivity contribution in [2.24, 2.45) is 0 Å². The molecule has 0 N–H and O–H groups in total. The summed E-state index contributed by atoms with van der Waals surface area (Å²) in [5, 5.41) is 0. The molecule has 0 aliphatic carbocycles. The van der Waals surface area contributed by atoms with Crippen molar-refractivity contribution in [3.63, 3.8) is 0 Å². The summed E-state index contributed by atoms with van der Waals surface area (Å²) < 4.78 is 0. The molecule has 0 spiro atoms. The monoisotopic (exact) mass is 210 g/mol. The van der Waals surface area contributed by atoms with Gasteiger partial charge in [-0.2, -0.15) is 0 Å². The van der Waals surface area contributed by atoms with Crippen molar-refractivity contribution in [3.05, 3.63) is 36.2 Å². The van der Waals surface area contributed by atoms with E-state index < -0.39 is 0 Å². The summed E-state index contributed by atoms with van der Waals surface area (Å²) in [6.07, 6.45) is 9.14. The number of rotatable bonds is 3. The van der Waals surface area contributed by atoms with Crippen LogP contribution < -0.4 is 0 Å². The number of aromatic nitrogens is 2. The van der Waals surface area contributed by atoms with Crippen molar-refractivity contribution >= 4 is 16.8 Å². The number of ketones is 1. The molecular weight excluding hydrogens is 200 g/mol. The van der Waals surface area contributed by atoms with E-state index in [1.54, 1.807) is 24.5 Å². The first-order valence-corrected chi connectivity index (χ1v) is 4.99. The Morgan fingerprint density at radius 1 is 1.31 bits per heavy atom. The number of Topliss-reactive ketones (excluding diaryl/α,β-unsaturated/α-hetero) is 1. The van der Waals surface area contributed by atoms with Gasteiger partial charge < -0.3 is 0 Å². The molecule has 3 heteroatoms. The van der Waals surface area contributed by atoms with Gasteiger partial charge in [-0.1, -0.05) is 6.07 Å². The van der Waals surface area contributed by atoms with E-state index in [2.05, 4.69) is 15.9 Å². The van der Waals surface area contributed by atoms with Crippen molar-refractivity contribution in [2.45, 2.75) is 12.8 Å². The van der Waals surface area contributed by atoms with Crippen LogP contribution in [0.1, 0.15) is 23.2 Å². The van der Waals surface area contributed by atoms with Gasteiger partial charge in [0.05, 0.1) is 11.0 Å². The quantitative estimate of drug-likeness (QED) is 0.576. The topological polar surface area (TPSA) is 42.9 Å². The Labute approximate surface area is 93.5 Å². The summed E-state index contributed by atoms with van der Waals surface area (Å²) in [5.41, 5.74) is 1.97. The van der Waals surface area contributed by atoms with E-state index in [4.69, 9.17) is 6.42 Å². The molecule has 2 aromatic rings. The molecule has 2 rings (SSSR count). The molecule has 0 aliphatic rings. The van der Waals surface area contributed by atoms with Crippen LogP contribution in [0.5, 0.6) is 0 Å². The lowest BCUT2D eigenvalue weighted by Gasteiger charge is -2.02. The van der Waals surface area contributed by atoms with Crippen LogP contribution in [0.25, 0.3) is 11.0 Å². The third-order valence-corrected chi connectivity index (χ3v) is 2.30. The summed E-state index contributed by atoms with van der Waals surface area (Å²) >= 11 is 0. The molecule has 0 unspecified atom stereocenters. The van der Waals surface area contributed by atoms with Gasteiger partial charge in [-0.05, 0) is 12.1 Å². The molecule has 0 saturated carbocycles. The molecule has 0 bridgehead atoms. The summed E-state index contributed by atoms with van der Waals surface area (Å²) in [4.78, 5) is 20.2. The fourth-order valence-corrected chi connectivity index (χ4v) is 1.54. The van der Waals surface area contributed by atoms with Crippen LogP contribution in [-0.4, -0.2) is 15.8 Å². The fraction of sp³-hybridized carbons (Fsp3) is 0.154. The van der Waals surface area contributed by atoms with E-state index >= 15 is 0 Å². The van der Waals surface area contributed by atoms with E-state index in [1.165, 1.54) is 0 Å². The van der Waals surface area contributed by atoms with E-state index in [1.807, 2.05) is 6.07 Å². The Morgan fingerprint density at radius 3 is 2.94 bits per heavy atom. The molecule has 0 amide bonds. The smallest absolute Gasteiger partial charge is 0.166 e. The first-order chi connectivity index (χ1) is 7.83. The molecule has 1 aromatic carbocycles. The Balaban J connectivity index is 2.45. The second-order valence-electron chi connectivity index (χ2n) is 3.36. The number of para-hydroxylation sites is 1. The van der Waals surface area contributed by atoms with E-state index in [0.717, 1.165) is 5.52 Å². The third-order valence-electron chi connectivity index (χ3n) is 2.30. The van der Waals surface area contributed by atoms with Crippen LogP contribution >= 0.6 is 0 Å². The van der Waals surface area contributed by atoms with Crippen LogP contribution in [0.15, 0.2) is 30.6 Å². The molecular formula is C13H10N2O. The highest BCUT2D eigenvalue weighted by Gasteiger charge is 2.10. The lowest BCUT2D eigenvalue weighted by atomic mass is 10.0. The highest BCUT2D eigenvalue weighted by atomic mass is 16.1. The Bertz CT molecular complexity index is 564. The lowest BCUT2D eigenvalue weighted by Crippen LogP contribution is -2.01. The van der Waals surface area contributed by atoms with Crippen molar-refractivity contribution in [1.29, 1.82) is 0 Å². The molecule has 0 aliphatic heterocycles. The Kier molecular flexibility index (Phi) is 2.93. The summed E-state index contributed by atoms with van der Waals surface area (Å²) in [7, 11) is 0. The van der Waals surface area contributed by atoms with Crippen LogP contribution in [0, 0.1) is 12.3 Å². The lowest BCUT2D eigenvalue weighted by molar-refractivity contribution is 0.0985. The first kappa shape index (κ1) is 10.3. The fourth-order valence-electron chi connectivity index (χ4n) is 1.54. The molecule has 0 saturated heterocycles. The van der Waals surface area contributed by atoms with Gasteiger partial charge in [0.2, 0.25) is 0 Å². The van der Waals surface area contributed by atoms with Gasteiger partial charge in [-0.15, -0.1) is 12.3 Å². The number of nitrogens with zero attached hydrogens (tertiary/aromatic N) is 2. The molecule has 78 valence electrons. The van der Waals surface area contributed by atoms with Crippen LogP contribution in [0.3, 0.4) is 0 Å². The minimum atomic E-state index is 0.0176. The number of fused-ring (bicyclic) bond motifs is 1. The third kappa shape index (κ3) is 1.91. The molecule has 0 radical (unpaired) electrons. The molecule has 0 fully saturated rings. The van der Waals surface area contributed by atoms with Crippen molar-refractivity contribution in [3.8, 4) is 12.3 Å². The van der Waals surface area contributed by atoms with Gasteiger partial charge >= 0.3 is 0 Å². The Hall–Kier alpha value is -2.21. The van der Waals surface area contributed by atoms with Crippen LogP contribution in [-0.2, 0) is 0 Å². The molecule has 1 heterocycles. The number of benzene rings is 1. The SMILES string of the molecule is C#CCCC(=O)c1cccc2nccnc12. The Morgan fingerprint density at radius 2 is 2.12 bits per heavy atom.